The summed E-state index contributed by atoms with van der Waals surface area (Å²) in [7, 11) is 1.61. The summed E-state index contributed by atoms with van der Waals surface area (Å²) in [5.41, 5.74) is 1.71. The molecule has 0 radical (unpaired) electrons. The molecule has 0 spiro atoms. The average Bonchev–Trinajstić information content (AvgIpc) is 2.62. The molecular formula is C19H26N2O3. The van der Waals surface area contributed by atoms with Gasteiger partial charge < -0.3 is 15.0 Å². The van der Waals surface area contributed by atoms with Gasteiger partial charge in [-0.25, -0.2) is 0 Å². The van der Waals surface area contributed by atoms with Crippen molar-refractivity contribution in [3.8, 4) is 5.75 Å². The Morgan fingerprint density at radius 1 is 1.21 bits per heavy atom. The van der Waals surface area contributed by atoms with E-state index in [1.165, 1.54) is 6.42 Å². The number of para-hydroxylation sites is 1. The van der Waals surface area contributed by atoms with E-state index in [0.717, 1.165) is 42.8 Å². The number of carbonyl (C=O) groups is 2. The molecule has 130 valence electrons. The summed E-state index contributed by atoms with van der Waals surface area (Å²) in [6, 6.07) is 7.58. The molecule has 0 saturated carbocycles. The molecule has 5 heteroatoms. The molecule has 24 heavy (non-hydrogen) atoms. The molecule has 0 unspecified atom stereocenters. The maximum absolute atomic E-state index is 12.0. The molecule has 0 aliphatic carbocycles. The van der Waals surface area contributed by atoms with Crippen LogP contribution in [0.5, 0.6) is 5.75 Å². The van der Waals surface area contributed by atoms with Crippen LogP contribution in [0.25, 0.3) is 5.57 Å². The smallest absolute Gasteiger partial charge is 0.244 e. The van der Waals surface area contributed by atoms with Crippen LogP contribution < -0.4 is 10.1 Å². The molecule has 1 fully saturated rings. The zero-order valence-corrected chi connectivity index (χ0v) is 14.5. The number of allylic oxidation sites excluding steroid dienone is 1. The number of piperidine rings is 1. The second-order valence-corrected chi connectivity index (χ2v) is 6.01. The Hall–Kier alpha value is -2.30. The van der Waals surface area contributed by atoms with E-state index in [-0.39, 0.29) is 11.8 Å². The van der Waals surface area contributed by atoms with Crippen LogP contribution in [-0.2, 0) is 9.59 Å². The maximum atomic E-state index is 12.0. The summed E-state index contributed by atoms with van der Waals surface area (Å²) in [6.07, 6.45) is 5.27. The second-order valence-electron chi connectivity index (χ2n) is 6.01. The van der Waals surface area contributed by atoms with Crippen LogP contribution >= 0.6 is 0 Å². The van der Waals surface area contributed by atoms with Gasteiger partial charge in [0.15, 0.2) is 0 Å². The number of amides is 2. The Balaban J connectivity index is 1.82. The average molecular weight is 330 g/mol. The lowest BCUT2D eigenvalue weighted by Crippen LogP contribution is -2.37. The largest absolute Gasteiger partial charge is 0.496 e. The lowest BCUT2D eigenvalue weighted by molar-refractivity contribution is -0.132. The molecule has 0 atom stereocenters. The predicted octanol–water partition coefficient (Wildman–Crippen LogP) is 2.62. The highest BCUT2D eigenvalue weighted by atomic mass is 16.5. The number of methoxy groups -OCH3 is 1. The van der Waals surface area contributed by atoms with E-state index < -0.39 is 0 Å². The molecule has 2 amide bonds. The third-order valence-corrected chi connectivity index (χ3v) is 4.23. The van der Waals surface area contributed by atoms with Crippen molar-refractivity contribution in [1.29, 1.82) is 0 Å². The fraction of sp³-hybridized carbons (Fsp3) is 0.474. The first-order valence-corrected chi connectivity index (χ1v) is 8.49. The fourth-order valence-corrected chi connectivity index (χ4v) is 2.89. The summed E-state index contributed by atoms with van der Waals surface area (Å²) in [5, 5.41) is 2.79. The number of likely N-dealkylation sites (tertiary alicyclic amines) is 1. The maximum Gasteiger partial charge on any atom is 0.244 e. The van der Waals surface area contributed by atoms with Crippen molar-refractivity contribution >= 4 is 17.4 Å². The molecule has 1 aromatic carbocycles. The van der Waals surface area contributed by atoms with Gasteiger partial charge in [0, 0.05) is 37.7 Å². The van der Waals surface area contributed by atoms with E-state index >= 15 is 0 Å². The number of nitrogens with zero attached hydrogens (tertiary/aromatic N) is 1. The van der Waals surface area contributed by atoms with Gasteiger partial charge in [-0.2, -0.15) is 0 Å². The normalized spacial score (nSPS) is 15.1. The zero-order valence-electron chi connectivity index (χ0n) is 14.5. The van der Waals surface area contributed by atoms with E-state index in [9.17, 15) is 9.59 Å². The quantitative estimate of drug-likeness (QED) is 0.816. The van der Waals surface area contributed by atoms with Gasteiger partial charge in [0.25, 0.3) is 0 Å². The summed E-state index contributed by atoms with van der Waals surface area (Å²) in [5.74, 6) is 0.671. The first-order chi connectivity index (χ1) is 11.6. The van der Waals surface area contributed by atoms with Crippen molar-refractivity contribution in [2.45, 2.75) is 32.6 Å². The molecular weight excluding hydrogens is 304 g/mol. The van der Waals surface area contributed by atoms with E-state index in [0.29, 0.717) is 13.0 Å². The number of nitrogens with one attached hydrogen (secondary N) is 1. The summed E-state index contributed by atoms with van der Waals surface area (Å²) in [4.78, 5) is 26.0. The van der Waals surface area contributed by atoms with Crippen LogP contribution in [0, 0.1) is 0 Å². The van der Waals surface area contributed by atoms with Gasteiger partial charge in [0.2, 0.25) is 11.8 Å². The number of benzene rings is 1. The number of hydrogen-bond donors (Lipinski definition) is 1. The first kappa shape index (κ1) is 18.0. The standard InChI is InChI=1S/C19H26N2O3/c1-15(16-8-4-5-9-17(16)24-2)14-18(22)20-11-10-19(23)21-12-6-3-7-13-21/h4-5,8-9,14H,3,6-7,10-13H2,1-2H3,(H,20,22)/b15-14-. The minimum absolute atomic E-state index is 0.125. The second kappa shape index (κ2) is 9.11. The third kappa shape index (κ3) is 5.11. The Morgan fingerprint density at radius 3 is 2.62 bits per heavy atom. The highest BCUT2D eigenvalue weighted by molar-refractivity contribution is 5.95. The molecule has 2 rings (SSSR count). The van der Waals surface area contributed by atoms with E-state index in [1.54, 1.807) is 13.2 Å². The number of hydrogen-bond acceptors (Lipinski definition) is 3. The lowest BCUT2D eigenvalue weighted by Gasteiger charge is -2.26. The number of carbonyl (C=O) groups excluding carboxylic acids is 2. The first-order valence-electron chi connectivity index (χ1n) is 8.49. The molecule has 1 N–H and O–H groups in total. The van der Waals surface area contributed by atoms with Gasteiger partial charge in [-0.1, -0.05) is 18.2 Å². The molecule has 0 bridgehead atoms. The van der Waals surface area contributed by atoms with Gasteiger partial charge in [0.1, 0.15) is 5.75 Å². The SMILES string of the molecule is COc1ccccc1/C(C)=C\C(=O)NCCC(=O)N1CCCCC1. The summed E-state index contributed by atoms with van der Waals surface area (Å²) < 4.78 is 5.31. The van der Waals surface area contributed by atoms with Crippen LogP contribution in [0.2, 0.25) is 0 Å². The number of ether oxygens (including phenoxy) is 1. The molecule has 1 aromatic rings. The van der Waals surface area contributed by atoms with Crippen molar-refractivity contribution in [2.24, 2.45) is 0 Å². The van der Waals surface area contributed by atoms with Crippen LogP contribution in [0.1, 0.15) is 38.2 Å². The van der Waals surface area contributed by atoms with Crippen molar-refractivity contribution < 1.29 is 14.3 Å². The van der Waals surface area contributed by atoms with Crippen molar-refractivity contribution in [2.75, 3.05) is 26.7 Å². The highest BCUT2D eigenvalue weighted by Crippen LogP contribution is 2.24. The molecule has 0 aromatic heterocycles. The third-order valence-electron chi connectivity index (χ3n) is 4.23. The van der Waals surface area contributed by atoms with E-state index in [2.05, 4.69) is 5.32 Å². The minimum Gasteiger partial charge on any atom is -0.496 e. The van der Waals surface area contributed by atoms with Gasteiger partial charge in [-0.3, -0.25) is 9.59 Å². The Kier molecular flexibility index (Phi) is 6.85. The fourth-order valence-electron chi connectivity index (χ4n) is 2.89. The molecule has 1 aliphatic heterocycles. The van der Waals surface area contributed by atoms with Crippen molar-refractivity contribution in [3.05, 3.63) is 35.9 Å². The van der Waals surface area contributed by atoms with E-state index in [4.69, 9.17) is 4.74 Å². The monoisotopic (exact) mass is 330 g/mol. The molecule has 1 saturated heterocycles. The Labute approximate surface area is 143 Å². The molecule has 5 nitrogen and oxygen atoms in total. The van der Waals surface area contributed by atoms with Gasteiger partial charge >= 0.3 is 0 Å². The lowest BCUT2D eigenvalue weighted by atomic mass is 10.1. The zero-order chi connectivity index (χ0) is 17.4. The van der Waals surface area contributed by atoms with Gasteiger partial charge in [0.05, 0.1) is 7.11 Å². The summed E-state index contributed by atoms with van der Waals surface area (Å²) in [6.45, 7) is 3.93. The van der Waals surface area contributed by atoms with Crippen LogP contribution in [0.3, 0.4) is 0 Å². The topological polar surface area (TPSA) is 58.6 Å². The van der Waals surface area contributed by atoms with Crippen molar-refractivity contribution in [1.82, 2.24) is 10.2 Å². The predicted molar refractivity (Wildman–Crippen MR) is 94.7 cm³/mol. The van der Waals surface area contributed by atoms with Crippen LogP contribution in [0.15, 0.2) is 30.3 Å². The highest BCUT2D eigenvalue weighted by Gasteiger charge is 2.16. The van der Waals surface area contributed by atoms with Crippen LogP contribution in [0.4, 0.5) is 0 Å². The molecule has 1 heterocycles. The Morgan fingerprint density at radius 2 is 1.92 bits per heavy atom. The number of rotatable bonds is 6. The van der Waals surface area contributed by atoms with Crippen molar-refractivity contribution in [3.63, 3.8) is 0 Å². The van der Waals surface area contributed by atoms with E-state index in [1.807, 2.05) is 36.1 Å². The van der Waals surface area contributed by atoms with Gasteiger partial charge in [-0.05, 0) is 37.8 Å². The van der Waals surface area contributed by atoms with Crippen LogP contribution in [-0.4, -0.2) is 43.5 Å². The minimum atomic E-state index is -0.190. The molecule has 1 aliphatic rings. The Bertz CT molecular complexity index is 604. The van der Waals surface area contributed by atoms with Gasteiger partial charge in [-0.15, -0.1) is 0 Å². The summed E-state index contributed by atoms with van der Waals surface area (Å²) >= 11 is 0.